The summed E-state index contributed by atoms with van der Waals surface area (Å²) in [5, 5.41) is 11.7. The van der Waals surface area contributed by atoms with E-state index in [-0.39, 0.29) is 0 Å². The smallest absolute Gasteiger partial charge is 0.178 e. The van der Waals surface area contributed by atoms with Crippen LogP contribution in [-0.2, 0) is 0 Å². The Bertz CT molecular complexity index is 198. The molecule has 8 heavy (non-hydrogen) atoms. The molecule has 3 nitrogen and oxygen atoms in total. The van der Waals surface area contributed by atoms with Crippen molar-refractivity contribution in [2.45, 2.75) is 0 Å². The van der Waals surface area contributed by atoms with Crippen molar-refractivity contribution in [3.05, 3.63) is 10.7 Å². The van der Waals surface area contributed by atoms with E-state index in [9.17, 15) is 0 Å². The van der Waals surface area contributed by atoms with Crippen LogP contribution in [0, 0.1) is 11.3 Å². The number of hydrogen-bond donors (Lipinski definition) is 0. The van der Waals surface area contributed by atoms with Crippen LogP contribution in [-0.4, -0.2) is 5.71 Å². The lowest BCUT2D eigenvalue weighted by molar-refractivity contribution is 0.973. The molecule has 1 heterocycles. The van der Waals surface area contributed by atoms with Crippen LogP contribution in [0.3, 0.4) is 0 Å². The summed E-state index contributed by atoms with van der Waals surface area (Å²) in [5.74, 6) is 0. The van der Waals surface area contributed by atoms with E-state index in [1.807, 2.05) is 6.07 Å². The number of halogens is 1. The monoisotopic (exact) mass is 170 g/mol. The Balaban J connectivity index is 2.86. The standard InChI is InChI=1S/C4HBrN3/c5-3-2-7-8-4(3)1-6/h2H. The highest BCUT2D eigenvalue weighted by Gasteiger charge is 2.07. The van der Waals surface area contributed by atoms with Crippen molar-refractivity contribution in [2.24, 2.45) is 5.10 Å². The molecule has 0 saturated carbocycles. The zero-order valence-electron chi connectivity index (χ0n) is 3.80. The summed E-state index contributed by atoms with van der Waals surface area (Å²) in [4.78, 5) is 0. The maximum atomic E-state index is 8.22. The number of nitrogens with zero attached hydrogens (tertiary/aromatic N) is 3. The molecular weight excluding hydrogens is 170 g/mol. The van der Waals surface area contributed by atoms with Crippen LogP contribution in [0.15, 0.2) is 15.8 Å². The lowest BCUT2D eigenvalue weighted by Crippen LogP contribution is -1.86. The molecule has 0 N–H and O–H groups in total. The van der Waals surface area contributed by atoms with E-state index >= 15 is 0 Å². The first-order chi connectivity index (χ1) is 3.84. The largest absolute Gasteiger partial charge is 0.191 e. The molecule has 0 aromatic heterocycles. The van der Waals surface area contributed by atoms with Crippen molar-refractivity contribution >= 4 is 21.6 Å². The zero-order chi connectivity index (χ0) is 5.98. The fourth-order valence-electron chi connectivity index (χ4n) is 0.322. The van der Waals surface area contributed by atoms with Crippen LogP contribution in [0.2, 0.25) is 0 Å². The van der Waals surface area contributed by atoms with Crippen LogP contribution in [0.5, 0.6) is 0 Å². The Labute approximate surface area is 54.8 Å². The third-order valence-electron chi connectivity index (χ3n) is 0.661. The highest BCUT2D eigenvalue weighted by atomic mass is 79.9. The topological polar surface area (TPSA) is 50.2 Å². The van der Waals surface area contributed by atoms with Gasteiger partial charge in [-0.15, -0.1) is 5.10 Å². The molecule has 0 unspecified atom stereocenters. The van der Waals surface area contributed by atoms with Crippen LogP contribution >= 0.6 is 15.9 Å². The van der Waals surface area contributed by atoms with E-state index < -0.39 is 0 Å². The van der Waals surface area contributed by atoms with E-state index in [2.05, 4.69) is 26.5 Å². The fraction of sp³-hybridized carbons (Fsp3) is 0. The first-order valence-corrected chi connectivity index (χ1v) is 2.68. The molecule has 1 aliphatic heterocycles. The Kier molecular flexibility index (Phi) is 1.31. The molecule has 0 aromatic carbocycles. The number of rotatable bonds is 0. The minimum Gasteiger partial charge on any atom is -0.191 e. The Morgan fingerprint density at radius 1 is 1.75 bits per heavy atom. The molecular formula is C4HBrN3. The Hall–Kier alpha value is -0.820. The van der Waals surface area contributed by atoms with Crippen molar-refractivity contribution in [1.82, 2.24) is 5.43 Å². The average Bonchev–Trinajstić information content (AvgIpc) is 2.14. The van der Waals surface area contributed by atoms with Gasteiger partial charge in [0.1, 0.15) is 6.07 Å². The molecule has 1 aliphatic rings. The predicted molar refractivity (Wildman–Crippen MR) is 32.2 cm³/mol. The quantitative estimate of drug-likeness (QED) is 0.529. The minimum absolute atomic E-state index is 0.338. The van der Waals surface area contributed by atoms with E-state index in [1.165, 1.54) is 6.20 Å². The molecule has 0 bridgehead atoms. The Morgan fingerprint density at radius 2 is 2.50 bits per heavy atom. The summed E-state index contributed by atoms with van der Waals surface area (Å²) in [6, 6.07) is 1.85. The van der Waals surface area contributed by atoms with Crippen molar-refractivity contribution in [3.63, 3.8) is 0 Å². The summed E-state index contributed by atoms with van der Waals surface area (Å²) in [6.07, 6.45) is 1.48. The minimum atomic E-state index is 0.338. The lowest BCUT2D eigenvalue weighted by atomic mass is 10.4. The SMILES string of the molecule is N#CC1=N[N]C=C1Br. The van der Waals surface area contributed by atoms with Gasteiger partial charge in [0.05, 0.1) is 10.7 Å². The van der Waals surface area contributed by atoms with Gasteiger partial charge in [-0.1, -0.05) is 0 Å². The second-order valence-corrected chi connectivity index (χ2v) is 2.01. The average molecular weight is 171 g/mol. The van der Waals surface area contributed by atoms with Crippen LogP contribution in [0.25, 0.3) is 0 Å². The van der Waals surface area contributed by atoms with Gasteiger partial charge in [-0.3, -0.25) is 0 Å². The molecule has 0 aliphatic carbocycles. The summed E-state index contributed by atoms with van der Waals surface area (Å²) in [5.41, 5.74) is 3.81. The lowest BCUT2D eigenvalue weighted by Gasteiger charge is -1.76. The second-order valence-electron chi connectivity index (χ2n) is 1.15. The highest BCUT2D eigenvalue weighted by Crippen LogP contribution is 2.10. The van der Waals surface area contributed by atoms with Gasteiger partial charge in [0.25, 0.3) is 0 Å². The number of allylic oxidation sites excluding steroid dienone is 1. The molecule has 0 amide bonds. The van der Waals surface area contributed by atoms with Crippen LogP contribution in [0.4, 0.5) is 0 Å². The van der Waals surface area contributed by atoms with Gasteiger partial charge in [0.15, 0.2) is 5.71 Å². The summed E-state index contributed by atoms with van der Waals surface area (Å²) < 4.78 is 0.653. The van der Waals surface area contributed by atoms with Gasteiger partial charge in [-0.2, -0.15) is 10.7 Å². The third-order valence-corrected chi connectivity index (χ3v) is 1.24. The highest BCUT2D eigenvalue weighted by molar-refractivity contribution is 9.12. The van der Waals surface area contributed by atoms with E-state index in [4.69, 9.17) is 5.26 Å². The van der Waals surface area contributed by atoms with Crippen molar-refractivity contribution < 1.29 is 0 Å². The molecule has 4 heteroatoms. The molecule has 1 radical (unpaired) electrons. The van der Waals surface area contributed by atoms with Crippen LogP contribution in [0.1, 0.15) is 0 Å². The van der Waals surface area contributed by atoms with E-state index in [0.717, 1.165) is 0 Å². The molecule has 0 atom stereocenters. The van der Waals surface area contributed by atoms with Crippen LogP contribution < -0.4 is 5.43 Å². The summed E-state index contributed by atoms with van der Waals surface area (Å²) in [6.45, 7) is 0. The molecule has 0 aromatic rings. The molecule has 1 rings (SSSR count). The molecule has 0 saturated heterocycles. The first kappa shape index (κ1) is 5.32. The predicted octanol–water partition coefficient (Wildman–Crippen LogP) is 0.720. The van der Waals surface area contributed by atoms with Gasteiger partial charge in [-0.05, 0) is 15.9 Å². The summed E-state index contributed by atoms with van der Waals surface area (Å²) >= 11 is 3.08. The van der Waals surface area contributed by atoms with Crippen molar-refractivity contribution in [1.29, 1.82) is 5.26 Å². The summed E-state index contributed by atoms with van der Waals surface area (Å²) in [7, 11) is 0. The van der Waals surface area contributed by atoms with Gasteiger partial charge >= 0.3 is 0 Å². The van der Waals surface area contributed by atoms with Gasteiger partial charge in [0.2, 0.25) is 0 Å². The normalized spacial score (nSPS) is 16.0. The maximum Gasteiger partial charge on any atom is 0.178 e. The third kappa shape index (κ3) is 0.724. The molecule has 39 valence electrons. The van der Waals surface area contributed by atoms with E-state index in [1.54, 1.807) is 0 Å². The fourth-order valence-corrected chi connectivity index (χ4v) is 0.581. The maximum absolute atomic E-state index is 8.22. The molecule has 0 spiro atoms. The number of nitriles is 1. The zero-order valence-corrected chi connectivity index (χ0v) is 5.38. The van der Waals surface area contributed by atoms with Crippen molar-refractivity contribution in [2.75, 3.05) is 0 Å². The first-order valence-electron chi connectivity index (χ1n) is 1.88. The van der Waals surface area contributed by atoms with Gasteiger partial charge < -0.3 is 0 Å². The van der Waals surface area contributed by atoms with Gasteiger partial charge in [-0.25, -0.2) is 0 Å². The molecule has 0 fully saturated rings. The van der Waals surface area contributed by atoms with Crippen molar-refractivity contribution in [3.8, 4) is 6.07 Å². The van der Waals surface area contributed by atoms with E-state index in [0.29, 0.717) is 10.2 Å². The second kappa shape index (κ2) is 1.97. The number of hydrogen-bond acceptors (Lipinski definition) is 2. The van der Waals surface area contributed by atoms with Gasteiger partial charge in [0, 0.05) is 0 Å². The Morgan fingerprint density at radius 3 is 2.75 bits per heavy atom.